The number of benzene rings is 1. The van der Waals surface area contributed by atoms with E-state index in [0.717, 1.165) is 18.4 Å². The Labute approximate surface area is 103 Å². The fraction of sp³-hybridized carbons (Fsp3) is 0.571. The Morgan fingerprint density at radius 2 is 2.00 bits per heavy atom. The van der Waals surface area contributed by atoms with Gasteiger partial charge < -0.3 is 4.90 Å². The highest BCUT2D eigenvalue weighted by molar-refractivity contribution is 6.17. The molecule has 2 unspecified atom stereocenters. The Hall–Kier alpha value is -0.690. The SMILES string of the molecule is CC1CCN(c2ccccc2CCl)CC1C. The molecule has 16 heavy (non-hydrogen) atoms. The number of para-hydroxylation sites is 1. The normalized spacial score (nSPS) is 25.8. The molecule has 2 rings (SSSR count). The van der Waals surface area contributed by atoms with Crippen molar-refractivity contribution >= 4 is 17.3 Å². The topological polar surface area (TPSA) is 3.24 Å². The first kappa shape index (κ1) is 11.8. The van der Waals surface area contributed by atoms with Gasteiger partial charge in [-0.1, -0.05) is 32.0 Å². The molecule has 0 aromatic heterocycles. The van der Waals surface area contributed by atoms with Crippen LogP contribution >= 0.6 is 11.6 Å². The summed E-state index contributed by atoms with van der Waals surface area (Å²) in [5.74, 6) is 2.23. The maximum absolute atomic E-state index is 5.99. The molecule has 0 N–H and O–H groups in total. The van der Waals surface area contributed by atoms with Gasteiger partial charge in [-0.05, 0) is 29.9 Å². The highest BCUT2D eigenvalue weighted by Crippen LogP contribution is 2.29. The molecule has 1 aromatic rings. The highest BCUT2D eigenvalue weighted by atomic mass is 35.5. The smallest absolute Gasteiger partial charge is 0.0494 e. The summed E-state index contributed by atoms with van der Waals surface area (Å²) < 4.78 is 0. The molecule has 88 valence electrons. The third-order valence-electron chi connectivity index (χ3n) is 3.81. The van der Waals surface area contributed by atoms with Gasteiger partial charge in [0.25, 0.3) is 0 Å². The van der Waals surface area contributed by atoms with E-state index in [-0.39, 0.29) is 0 Å². The molecule has 0 amide bonds. The third kappa shape index (κ3) is 2.35. The average molecular weight is 238 g/mol. The van der Waals surface area contributed by atoms with E-state index in [1.54, 1.807) is 0 Å². The van der Waals surface area contributed by atoms with Gasteiger partial charge in [0, 0.05) is 24.7 Å². The van der Waals surface area contributed by atoms with Crippen LogP contribution in [0.2, 0.25) is 0 Å². The van der Waals surface area contributed by atoms with Gasteiger partial charge in [-0.3, -0.25) is 0 Å². The number of hydrogen-bond acceptors (Lipinski definition) is 1. The first-order valence-electron chi connectivity index (χ1n) is 6.11. The minimum Gasteiger partial charge on any atom is -0.371 e. The predicted octanol–water partition coefficient (Wildman–Crippen LogP) is 3.91. The van der Waals surface area contributed by atoms with Gasteiger partial charge >= 0.3 is 0 Å². The molecule has 1 nitrogen and oxygen atoms in total. The summed E-state index contributed by atoms with van der Waals surface area (Å²) >= 11 is 5.99. The lowest BCUT2D eigenvalue weighted by Crippen LogP contribution is -2.38. The van der Waals surface area contributed by atoms with Gasteiger partial charge in [0.15, 0.2) is 0 Å². The molecule has 1 aliphatic heterocycles. The molecule has 0 aliphatic carbocycles. The quantitative estimate of drug-likeness (QED) is 0.705. The van der Waals surface area contributed by atoms with Gasteiger partial charge in [0.2, 0.25) is 0 Å². The van der Waals surface area contributed by atoms with Crippen molar-refractivity contribution in [1.29, 1.82) is 0 Å². The Balaban J connectivity index is 2.18. The van der Waals surface area contributed by atoms with Crippen molar-refractivity contribution in [2.75, 3.05) is 18.0 Å². The van der Waals surface area contributed by atoms with Crippen molar-refractivity contribution in [2.45, 2.75) is 26.1 Å². The lowest BCUT2D eigenvalue weighted by atomic mass is 9.88. The van der Waals surface area contributed by atoms with Gasteiger partial charge in [-0.25, -0.2) is 0 Å². The van der Waals surface area contributed by atoms with Gasteiger partial charge in [0.05, 0.1) is 0 Å². The van der Waals surface area contributed by atoms with E-state index >= 15 is 0 Å². The molecule has 2 heteroatoms. The van der Waals surface area contributed by atoms with E-state index in [1.165, 1.54) is 24.2 Å². The zero-order valence-corrected chi connectivity index (χ0v) is 10.9. The van der Waals surface area contributed by atoms with Crippen molar-refractivity contribution in [3.63, 3.8) is 0 Å². The van der Waals surface area contributed by atoms with E-state index in [1.807, 2.05) is 0 Å². The first-order chi connectivity index (χ1) is 7.72. The minimum atomic E-state index is 0.608. The number of halogens is 1. The molecular formula is C14H20ClN. The van der Waals surface area contributed by atoms with E-state index in [0.29, 0.717) is 5.88 Å². The Morgan fingerprint density at radius 1 is 1.25 bits per heavy atom. The lowest BCUT2D eigenvalue weighted by Gasteiger charge is -2.37. The van der Waals surface area contributed by atoms with Crippen molar-refractivity contribution < 1.29 is 0 Å². The molecule has 0 bridgehead atoms. The molecule has 0 radical (unpaired) electrons. The van der Waals surface area contributed by atoms with E-state index in [4.69, 9.17) is 11.6 Å². The largest absolute Gasteiger partial charge is 0.371 e. The van der Waals surface area contributed by atoms with Crippen LogP contribution in [0.1, 0.15) is 25.8 Å². The minimum absolute atomic E-state index is 0.608. The van der Waals surface area contributed by atoms with Gasteiger partial charge in [0.1, 0.15) is 0 Å². The van der Waals surface area contributed by atoms with E-state index < -0.39 is 0 Å². The van der Waals surface area contributed by atoms with Crippen LogP contribution in [0.4, 0.5) is 5.69 Å². The van der Waals surface area contributed by atoms with E-state index in [2.05, 4.69) is 43.0 Å². The van der Waals surface area contributed by atoms with Crippen molar-refractivity contribution in [3.05, 3.63) is 29.8 Å². The fourth-order valence-electron chi connectivity index (χ4n) is 2.41. The molecular weight excluding hydrogens is 218 g/mol. The maximum Gasteiger partial charge on any atom is 0.0494 e. The van der Waals surface area contributed by atoms with Crippen LogP contribution in [0.25, 0.3) is 0 Å². The van der Waals surface area contributed by atoms with Crippen molar-refractivity contribution in [1.82, 2.24) is 0 Å². The van der Waals surface area contributed by atoms with Gasteiger partial charge in [-0.15, -0.1) is 11.6 Å². The van der Waals surface area contributed by atoms with Crippen molar-refractivity contribution in [2.24, 2.45) is 11.8 Å². The second-order valence-electron chi connectivity index (χ2n) is 4.95. The van der Waals surface area contributed by atoms with Crippen LogP contribution in [0.15, 0.2) is 24.3 Å². The summed E-state index contributed by atoms with van der Waals surface area (Å²) in [4.78, 5) is 2.49. The predicted molar refractivity (Wildman–Crippen MR) is 71.2 cm³/mol. The Morgan fingerprint density at radius 3 is 2.69 bits per heavy atom. The summed E-state index contributed by atoms with van der Waals surface area (Å²) in [7, 11) is 0. The number of nitrogens with zero attached hydrogens (tertiary/aromatic N) is 1. The van der Waals surface area contributed by atoms with Crippen LogP contribution in [0.3, 0.4) is 0 Å². The molecule has 1 aliphatic rings. The average Bonchev–Trinajstić information content (AvgIpc) is 2.32. The van der Waals surface area contributed by atoms with Crippen molar-refractivity contribution in [3.8, 4) is 0 Å². The number of alkyl halides is 1. The summed E-state index contributed by atoms with van der Waals surface area (Å²) in [5, 5.41) is 0. The molecule has 1 aromatic carbocycles. The molecule has 1 fully saturated rings. The molecule has 0 saturated carbocycles. The number of anilines is 1. The first-order valence-corrected chi connectivity index (χ1v) is 6.64. The summed E-state index contributed by atoms with van der Waals surface area (Å²) in [5.41, 5.74) is 2.59. The van der Waals surface area contributed by atoms with E-state index in [9.17, 15) is 0 Å². The standard InChI is InChI=1S/C14H20ClN/c1-11-7-8-16(10-12(11)2)14-6-4-3-5-13(14)9-15/h3-6,11-12H,7-10H2,1-2H3. The zero-order valence-electron chi connectivity index (χ0n) is 10.1. The van der Waals surface area contributed by atoms with Crippen LogP contribution in [0, 0.1) is 11.8 Å². The molecule has 1 heterocycles. The Kier molecular flexibility index (Phi) is 3.75. The lowest BCUT2D eigenvalue weighted by molar-refractivity contribution is 0.323. The number of piperidine rings is 1. The summed E-state index contributed by atoms with van der Waals surface area (Å²) in [6.07, 6.45) is 1.29. The zero-order chi connectivity index (χ0) is 11.5. The monoisotopic (exact) mass is 237 g/mol. The third-order valence-corrected chi connectivity index (χ3v) is 4.10. The summed E-state index contributed by atoms with van der Waals surface area (Å²) in [6.45, 7) is 7.03. The second kappa shape index (κ2) is 5.09. The number of hydrogen-bond donors (Lipinski definition) is 0. The van der Waals surface area contributed by atoms with Gasteiger partial charge in [-0.2, -0.15) is 0 Å². The van der Waals surface area contributed by atoms with Crippen LogP contribution < -0.4 is 4.90 Å². The Bertz CT molecular complexity index is 350. The van der Waals surface area contributed by atoms with Crippen LogP contribution in [-0.4, -0.2) is 13.1 Å². The molecule has 2 atom stereocenters. The second-order valence-corrected chi connectivity index (χ2v) is 5.22. The summed E-state index contributed by atoms with van der Waals surface area (Å²) in [6, 6.07) is 8.50. The fourth-order valence-corrected chi connectivity index (χ4v) is 2.64. The number of rotatable bonds is 2. The van der Waals surface area contributed by atoms with Crippen LogP contribution in [-0.2, 0) is 5.88 Å². The molecule has 1 saturated heterocycles. The maximum atomic E-state index is 5.99. The molecule has 0 spiro atoms. The highest BCUT2D eigenvalue weighted by Gasteiger charge is 2.23. The van der Waals surface area contributed by atoms with Crippen LogP contribution in [0.5, 0.6) is 0 Å².